The fourth-order valence-electron chi connectivity index (χ4n) is 3.07. The van der Waals surface area contributed by atoms with Crippen molar-refractivity contribution in [1.82, 2.24) is 9.88 Å². The van der Waals surface area contributed by atoms with Gasteiger partial charge in [-0.2, -0.15) is 0 Å². The van der Waals surface area contributed by atoms with Crippen LogP contribution >= 0.6 is 0 Å². The minimum Gasteiger partial charge on any atom is -0.490 e. The topological polar surface area (TPSA) is 48.5 Å². The number of rotatable bonds is 5. The highest BCUT2D eigenvalue weighted by Gasteiger charge is 2.15. The monoisotopic (exact) mass is 288 g/mol. The lowest BCUT2D eigenvalue weighted by atomic mass is 10.1. The van der Waals surface area contributed by atoms with Crippen LogP contribution in [0.25, 0.3) is 10.9 Å². The van der Waals surface area contributed by atoms with E-state index in [-0.39, 0.29) is 0 Å². The average Bonchev–Trinajstić information content (AvgIpc) is 2.87. The van der Waals surface area contributed by atoms with Crippen LogP contribution < -0.4 is 4.74 Å². The van der Waals surface area contributed by atoms with Crippen LogP contribution in [0.2, 0.25) is 0 Å². The molecule has 2 aromatic rings. The summed E-state index contributed by atoms with van der Waals surface area (Å²) < 4.78 is 5.84. The summed E-state index contributed by atoms with van der Waals surface area (Å²) in [6.07, 6.45) is 3.38. The lowest BCUT2D eigenvalue weighted by Gasteiger charge is -2.28. The van der Waals surface area contributed by atoms with Crippen molar-refractivity contribution >= 4 is 10.9 Å². The molecule has 0 amide bonds. The van der Waals surface area contributed by atoms with E-state index in [0.717, 1.165) is 35.4 Å². The normalized spacial score (nSPS) is 18.0. The number of fused-ring (bicyclic) bond motifs is 1. The first-order chi connectivity index (χ1) is 10.2. The van der Waals surface area contributed by atoms with Crippen LogP contribution in [0.3, 0.4) is 0 Å². The third-order valence-electron chi connectivity index (χ3n) is 4.11. The fraction of sp³-hybridized carbons (Fsp3) is 0.529. The average molecular weight is 288 g/mol. The summed E-state index contributed by atoms with van der Waals surface area (Å²) in [5.41, 5.74) is 2.20. The number of aliphatic hydroxyl groups excluding tert-OH is 1. The maximum absolute atomic E-state index is 10.2. The number of nitrogens with one attached hydrogen (secondary N) is 1. The lowest BCUT2D eigenvalue weighted by Crippen LogP contribution is -2.38. The zero-order valence-electron chi connectivity index (χ0n) is 12.6. The Balaban J connectivity index is 1.58. The second-order valence-corrected chi connectivity index (χ2v) is 6.00. The highest BCUT2D eigenvalue weighted by atomic mass is 16.5. The molecule has 3 rings (SSSR count). The van der Waals surface area contributed by atoms with E-state index >= 15 is 0 Å². The molecule has 1 aliphatic rings. The first-order valence-corrected chi connectivity index (χ1v) is 7.84. The van der Waals surface area contributed by atoms with Gasteiger partial charge in [0.25, 0.3) is 0 Å². The minimum absolute atomic E-state index is 0.347. The van der Waals surface area contributed by atoms with Crippen molar-refractivity contribution in [1.29, 1.82) is 0 Å². The number of β-amino-alcohol motifs (C(OH)–C–C–N with tert-alkyl or cyclic N) is 1. The van der Waals surface area contributed by atoms with Gasteiger partial charge in [0.05, 0.1) is 0 Å². The van der Waals surface area contributed by atoms with Crippen LogP contribution in [0.1, 0.15) is 25.0 Å². The number of nitrogens with zero attached hydrogens (tertiary/aromatic N) is 1. The van der Waals surface area contributed by atoms with E-state index in [1.807, 2.05) is 25.1 Å². The smallest absolute Gasteiger partial charge is 0.128 e. The summed E-state index contributed by atoms with van der Waals surface area (Å²) in [5.74, 6) is 0.842. The molecule has 0 aliphatic carbocycles. The highest BCUT2D eigenvalue weighted by Crippen LogP contribution is 2.26. The van der Waals surface area contributed by atoms with E-state index in [1.165, 1.54) is 19.3 Å². The molecule has 4 heteroatoms. The van der Waals surface area contributed by atoms with Gasteiger partial charge < -0.3 is 19.7 Å². The van der Waals surface area contributed by atoms with Gasteiger partial charge in [0.1, 0.15) is 18.5 Å². The maximum atomic E-state index is 10.2. The number of hydrogen-bond acceptors (Lipinski definition) is 3. The van der Waals surface area contributed by atoms with Crippen LogP contribution in [0.4, 0.5) is 0 Å². The van der Waals surface area contributed by atoms with E-state index in [1.54, 1.807) is 0 Å². The Morgan fingerprint density at radius 3 is 2.90 bits per heavy atom. The van der Waals surface area contributed by atoms with Crippen molar-refractivity contribution < 1.29 is 9.84 Å². The van der Waals surface area contributed by atoms with Crippen molar-refractivity contribution in [2.24, 2.45) is 0 Å². The minimum atomic E-state index is -0.432. The van der Waals surface area contributed by atoms with Crippen LogP contribution in [0.5, 0.6) is 5.75 Å². The van der Waals surface area contributed by atoms with Gasteiger partial charge in [-0.1, -0.05) is 12.5 Å². The third-order valence-corrected chi connectivity index (χ3v) is 4.11. The first kappa shape index (κ1) is 14.4. The molecule has 0 bridgehead atoms. The second kappa shape index (κ2) is 6.50. The summed E-state index contributed by atoms with van der Waals surface area (Å²) in [4.78, 5) is 5.63. The number of aromatic nitrogens is 1. The molecule has 4 nitrogen and oxygen atoms in total. The number of ether oxygens (including phenoxy) is 1. The number of aromatic amines is 1. The number of aryl methyl sites for hydroxylation is 1. The second-order valence-electron chi connectivity index (χ2n) is 6.00. The SMILES string of the molecule is Cc1cc2c(OC[C@@H](O)CN3CCCCC3)cccc2[nH]1. The molecule has 1 aromatic carbocycles. The molecule has 0 spiro atoms. The Morgan fingerprint density at radius 1 is 1.29 bits per heavy atom. The van der Waals surface area contributed by atoms with Crippen LogP contribution in [-0.4, -0.2) is 47.3 Å². The number of piperidine rings is 1. The molecule has 1 aromatic heterocycles. The Hall–Kier alpha value is -1.52. The molecule has 0 unspecified atom stereocenters. The quantitative estimate of drug-likeness (QED) is 0.889. The highest BCUT2D eigenvalue weighted by molar-refractivity contribution is 5.86. The van der Waals surface area contributed by atoms with Gasteiger partial charge in [0.15, 0.2) is 0 Å². The van der Waals surface area contributed by atoms with Crippen molar-refractivity contribution in [3.8, 4) is 5.75 Å². The van der Waals surface area contributed by atoms with Gasteiger partial charge >= 0.3 is 0 Å². The van der Waals surface area contributed by atoms with E-state index in [4.69, 9.17) is 4.74 Å². The fourth-order valence-corrected chi connectivity index (χ4v) is 3.07. The molecule has 2 heterocycles. The Kier molecular flexibility index (Phi) is 4.46. The van der Waals surface area contributed by atoms with Crippen molar-refractivity contribution in [3.05, 3.63) is 30.0 Å². The van der Waals surface area contributed by atoms with E-state index < -0.39 is 6.10 Å². The molecule has 0 saturated carbocycles. The van der Waals surface area contributed by atoms with Crippen LogP contribution in [-0.2, 0) is 0 Å². The van der Waals surface area contributed by atoms with E-state index in [9.17, 15) is 5.11 Å². The predicted octanol–water partition coefficient (Wildman–Crippen LogP) is 2.70. The van der Waals surface area contributed by atoms with Gasteiger partial charge in [-0.25, -0.2) is 0 Å². The zero-order chi connectivity index (χ0) is 14.7. The number of hydrogen-bond donors (Lipinski definition) is 2. The van der Waals surface area contributed by atoms with E-state index in [0.29, 0.717) is 13.2 Å². The van der Waals surface area contributed by atoms with Crippen molar-refractivity contribution in [2.45, 2.75) is 32.3 Å². The zero-order valence-corrected chi connectivity index (χ0v) is 12.6. The summed E-state index contributed by atoms with van der Waals surface area (Å²) in [7, 11) is 0. The molecule has 1 aliphatic heterocycles. The molecule has 1 saturated heterocycles. The first-order valence-electron chi connectivity index (χ1n) is 7.84. The predicted molar refractivity (Wildman–Crippen MR) is 84.8 cm³/mol. The van der Waals surface area contributed by atoms with Crippen molar-refractivity contribution in [3.63, 3.8) is 0 Å². The number of H-pyrrole nitrogens is 1. The largest absolute Gasteiger partial charge is 0.490 e. The molecule has 21 heavy (non-hydrogen) atoms. The molecule has 2 N–H and O–H groups in total. The molecular weight excluding hydrogens is 264 g/mol. The molecule has 1 atom stereocenters. The number of likely N-dealkylation sites (tertiary alicyclic amines) is 1. The summed E-state index contributed by atoms with van der Waals surface area (Å²) in [6, 6.07) is 8.06. The molecule has 0 radical (unpaired) electrons. The van der Waals surface area contributed by atoms with Gasteiger partial charge in [-0.05, 0) is 51.1 Å². The summed E-state index contributed by atoms with van der Waals surface area (Å²) >= 11 is 0. The van der Waals surface area contributed by atoms with Gasteiger partial charge in [0, 0.05) is 23.1 Å². The number of aliphatic hydroxyl groups is 1. The molecular formula is C17H24N2O2. The maximum Gasteiger partial charge on any atom is 0.128 e. The summed E-state index contributed by atoms with van der Waals surface area (Å²) in [6.45, 7) is 5.30. The van der Waals surface area contributed by atoms with Gasteiger partial charge in [0.2, 0.25) is 0 Å². The Morgan fingerprint density at radius 2 is 2.10 bits per heavy atom. The summed E-state index contributed by atoms with van der Waals surface area (Å²) in [5, 5.41) is 11.2. The van der Waals surface area contributed by atoms with Crippen molar-refractivity contribution in [2.75, 3.05) is 26.2 Å². The third kappa shape index (κ3) is 3.57. The van der Waals surface area contributed by atoms with Crippen LogP contribution in [0, 0.1) is 6.92 Å². The lowest BCUT2D eigenvalue weighted by molar-refractivity contribution is 0.0622. The molecule has 1 fully saturated rings. The Bertz CT molecular complexity index is 587. The van der Waals surface area contributed by atoms with Gasteiger partial charge in [-0.15, -0.1) is 0 Å². The Labute approximate surface area is 125 Å². The standard InChI is InChI=1S/C17H24N2O2/c1-13-10-15-16(18-13)6-5-7-17(15)21-12-14(20)11-19-8-3-2-4-9-19/h5-7,10,14,18,20H,2-4,8-9,11-12H2,1H3/t14-/m0/s1. The number of benzene rings is 1. The van der Waals surface area contributed by atoms with Gasteiger partial charge in [-0.3, -0.25) is 0 Å². The molecule has 114 valence electrons. The van der Waals surface area contributed by atoms with E-state index in [2.05, 4.69) is 16.0 Å². The van der Waals surface area contributed by atoms with Crippen LogP contribution in [0.15, 0.2) is 24.3 Å².